The zero-order valence-electron chi connectivity index (χ0n) is 11.1. The zero-order chi connectivity index (χ0) is 13.7. The summed E-state index contributed by atoms with van der Waals surface area (Å²) in [5.74, 6) is 5.30. The van der Waals surface area contributed by atoms with Crippen LogP contribution < -0.4 is 16.6 Å². The van der Waals surface area contributed by atoms with Gasteiger partial charge in [0, 0.05) is 23.7 Å². The Morgan fingerprint density at radius 1 is 1.53 bits per heavy atom. The van der Waals surface area contributed by atoms with E-state index in [4.69, 9.17) is 5.84 Å². The van der Waals surface area contributed by atoms with Gasteiger partial charge in [0.15, 0.2) is 0 Å². The average Bonchev–Trinajstić information content (AvgIpc) is 2.47. The second-order valence-corrected chi connectivity index (χ2v) is 5.90. The lowest BCUT2D eigenvalue weighted by Crippen LogP contribution is -2.39. The van der Waals surface area contributed by atoms with E-state index < -0.39 is 0 Å². The number of nitrogens with zero attached hydrogens (tertiary/aromatic N) is 1. The fourth-order valence-electron chi connectivity index (χ4n) is 2.45. The van der Waals surface area contributed by atoms with E-state index >= 15 is 0 Å². The maximum atomic E-state index is 12.2. The van der Waals surface area contributed by atoms with Crippen LogP contribution in [0.2, 0.25) is 0 Å². The summed E-state index contributed by atoms with van der Waals surface area (Å²) < 4.78 is 0. The number of hydrogen-bond donors (Lipinski definition) is 3. The molecule has 1 aromatic heterocycles. The minimum atomic E-state index is -0.104. The predicted octanol–water partition coefficient (Wildman–Crippen LogP) is 1.77. The number of rotatable bonds is 4. The molecule has 1 heterocycles. The Labute approximate surface area is 117 Å². The molecule has 0 bridgehead atoms. The summed E-state index contributed by atoms with van der Waals surface area (Å²) in [4.78, 5) is 16.2. The summed E-state index contributed by atoms with van der Waals surface area (Å²) >= 11 is 1.88. The van der Waals surface area contributed by atoms with Gasteiger partial charge in [-0.3, -0.25) is 15.6 Å². The van der Waals surface area contributed by atoms with Gasteiger partial charge in [-0.2, -0.15) is 11.8 Å². The maximum absolute atomic E-state index is 12.2. The van der Waals surface area contributed by atoms with E-state index in [0.29, 0.717) is 16.5 Å². The molecule has 104 valence electrons. The van der Waals surface area contributed by atoms with Crippen molar-refractivity contribution in [3.05, 3.63) is 24.0 Å². The van der Waals surface area contributed by atoms with Crippen molar-refractivity contribution in [3.63, 3.8) is 0 Å². The highest BCUT2D eigenvalue weighted by molar-refractivity contribution is 7.99. The van der Waals surface area contributed by atoms with Crippen LogP contribution in [0.25, 0.3) is 0 Å². The monoisotopic (exact) mass is 280 g/mol. The van der Waals surface area contributed by atoms with Crippen molar-refractivity contribution >= 4 is 23.4 Å². The summed E-state index contributed by atoms with van der Waals surface area (Å²) in [6.45, 7) is 0. The molecular weight excluding hydrogens is 260 g/mol. The fraction of sp³-hybridized carbons (Fsp3) is 0.538. The molecule has 1 saturated carbocycles. The number of pyridine rings is 1. The lowest BCUT2D eigenvalue weighted by atomic mass is 9.94. The molecule has 0 saturated heterocycles. The average molecular weight is 280 g/mol. The van der Waals surface area contributed by atoms with E-state index in [1.54, 1.807) is 18.5 Å². The molecule has 4 N–H and O–H groups in total. The Kier molecular flexibility index (Phi) is 5.04. The summed E-state index contributed by atoms with van der Waals surface area (Å²) in [6.07, 6.45) is 9.79. The van der Waals surface area contributed by atoms with E-state index in [9.17, 15) is 4.79 Å². The van der Waals surface area contributed by atoms with Gasteiger partial charge in [-0.25, -0.2) is 0 Å². The lowest BCUT2D eigenvalue weighted by Gasteiger charge is -2.28. The second kappa shape index (κ2) is 6.77. The number of aromatic nitrogens is 1. The number of nitrogen functional groups attached to an aromatic ring is 1. The van der Waals surface area contributed by atoms with Gasteiger partial charge < -0.3 is 10.7 Å². The van der Waals surface area contributed by atoms with E-state index in [1.165, 1.54) is 12.8 Å². The molecule has 1 aromatic rings. The highest BCUT2D eigenvalue weighted by atomic mass is 32.2. The number of hydrazine groups is 1. The highest BCUT2D eigenvalue weighted by Crippen LogP contribution is 2.27. The maximum Gasteiger partial charge on any atom is 0.255 e. The molecule has 19 heavy (non-hydrogen) atoms. The molecule has 0 radical (unpaired) electrons. The number of hydrogen-bond acceptors (Lipinski definition) is 5. The Morgan fingerprint density at radius 3 is 3.11 bits per heavy atom. The van der Waals surface area contributed by atoms with Crippen molar-refractivity contribution in [2.24, 2.45) is 5.84 Å². The third kappa shape index (κ3) is 3.61. The van der Waals surface area contributed by atoms with Crippen molar-refractivity contribution in [2.45, 2.75) is 37.0 Å². The van der Waals surface area contributed by atoms with Gasteiger partial charge in [-0.1, -0.05) is 6.42 Å². The first-order valence-corrected chi connectivity index (χ1v) is 7.77. The number of nitrogens with one attached hydrogen (secondary N) is 2. The van der Waals surface area contributed by atoms with Crippen LogP contribution in [0.15, 0.2) is 18.5 Å². The first-order valence-electron chi connectivity index (χ1n) is 6.49. The second-order valence-electron chi connectivity index (χ2n) is 4.76. The van der Waals surface area contributed by atoms with Crippen LogP contribution >= 0.6 is 11.8 Å². The first kappa shape index (κ1) is 14.1. The van der Waals surface area contributed by atoms with Crippen LogP contribution in [0.5, 0.6) is 0 Å². The molecule has 1 amide bonds. The fourth-order valence-corrected chi connectivity index (χ4v) is 3.28. The summed E-state index contributed by atoms with van der Waals surface area (Å²) in [7, 11) is 0. The van der Waals surface area contributed by atoms with E-state index in [0.717, 1.165) is 12.8 Å². The minimum Gasteiger partial charge on any atom is -0.349 e. The number of carbonyl (C=O) groups is 1. The standard InChI is InChI=1S/C13H20N4OS/c1-19-10-4-2-3-9(7-10)16-13(18)11-8-15-6-5-12(11)17-14/h5-6,8-10H,2-4,7,14H2,1H3,(H,15,17)(H,16,18). The Morgan fingerprint density at radius 2 is 2.37 bits per heavy atom. The quantitative estimate of drug-likeness (QED) is 0.578. The summed E-state index contributed by atoms with van der Waals surface area (Å²) in [5, 5.41) is 3.74. The Hall–Kier alpha value is -1.27. The molecule has 5 nitrogen and oxygen atoms in total. The summed E-state index contributed by atoms with van der Waals surface area (Å²) in [6, 6.07) is 1.95. The van der Waals surface area contributed by atoms with Gasteiger partial charge in [-0.15, -0.1) is 0 Å². The topological polar surface area (TPSA) is 80.0 Å². The highest BCUT2D eigenvalue weighted by Gasteiger charge is 2.23. The van der Waals surface area contributed by atoms with Gasteiger partial charge in [0.1, 0.15) is 0 Å². The van der Waals surface area contributed by atoms with Gasteiger partial charge in [0.2, 0.25) is 0 Å². The molecule has 1 aliphatic carbocycles. The van der Waals surface area contributed by atoms with Crippen molar-refractivity contribution in [1.29, 1.82) is 0 Å². The van der Waals surface area contributed by atoms with Crippen LogP contribution in [0.4, 0.5) is 5.69 Å². The zero-order valence-corrected chi connectivity index (χ0v) is 11.9. The smallest absolute Gasteiger partial charge is 0.255 e. The Balaban J connectivity index is 2.00. The van der Waals surface area contributed by atoms with Crippen LogP contribution in [0.3, 0.4) is 0 Å². The third-order valence-electron chi connectivity index (χ3n) is 3.52. The van der Waals surface area contributed by atoms with Crippen molar-refractivity contribution < 1.29 is 4.79 Å². The van der Waals surface area contributed by atoms with Crippen LogP contribution in [-0.4, -0.2) is 28.4 Å². The van der Waals surface area contributed by atoms with Gasteiger partial charge in [-0.05, 0) is 31.6 Å². The first-order chi connectivity index (χ1) is 9.24. The lowest BCUT2D eigenvalue weighted by molar-refractivity contribution is 0.0929. The van der Waals surface area contributed by atoms with Gasteiger partial charge in [0.05, 0.1) is 11.3 Å². The molecule has 2 atom stereocenters. The number of amides is 1. The SMILES string of the molecule is CSC1CCCC(NC(=O)c2cnccc2NN)C1. The van der Waals surface area contributed by atoms with Crippen molar-refractivity contribution in [1.82, 2.24) is 10.3 Å². The van der Waals surface area contributed by atoms with E-state index in [1.807, 2.05) is 11.8 Å². The predicted molar refractivity (Wildman–Crippen MR) is 79.1 cm³/mol. The Bertz CT molecular complexity index is 440. The number of carbonyl (C=O) groups excluding carboxylic acids is 1. The van der Waals surface area contributed by atoms with Crippen LogP contribution in [-0.2, 0) is 0 Å². The van der Waals surface area contributed by atoms with Crippen LogP contribution in [0, 0.1) is 0 Å². The molecule has 1 aliphatic rings. The molecule has 2 unspecified atom stereocenters. The largest absolute Gasteiger partial charge is 0.349 e. The third-order valence-corrected chi connectivity index (χ3v) is 4.61. The molecule has 1 fully saturated rings. The van der Waals surface area contributed by atoms with E-state index in [2.05, 4.69) is 22.0 Å². The van der Waals surface area contributed by atoms with Gasteiger partial charge >= 0.3 is 0 Å². The van der Waals surface area contributed by atoms with Gasteiger partial charge in [0.25, 0.3) is 5.91 Å². The normalized spacial score (nSPS) is 22.8. The molecule has 6 heteroatoms. The number of anilines is 1. The number of nitrogens with two attached hydrogens (primary N) is 1. The minimum absolute atomic E-state index is 0.104. The molecule has 0 aliphatic heterocycles. The van der Waals surface area contributed by atoms with Crippen LogP contribution in [0.1, 0.15) is 36.0 Å². The molecular formula is C13H20N4OS. The van der Waals surface area contributed by atoms with E-state index in [-0.39, 0.29) is 11.9 Å². The molecule has 0 spiro atoms. The van der Waals surface area contributed by atoms with Crippen molar-refractivity contribution in [3.8, 4) is 0 Å². The number of thioether (sulfide) groups is 1. The molecule has 2 rings (SSSR count). The summed E-state index contributed by atoms with van der Waals surface area (Å²) in [5.41, 5.74) is 3.63. The van der Waals surface area contributed by atoms with Crippen molar-refractivity contribution in [2.75, 3.05) is 11.7 Å². The molecule has 0 aromatic carbocycles.